The molecule has 0 N–H and O–H groups in total. The van der Waals surface area contributed by atoms with Gasteiger partial charge in [-0.3, -0.25) is 0 Å². The van der Waals surface area contributed by atoms with E-state index in [0.29, 0.717) is 0 Å². The molecule has 0 radical (unpaired) electrons. The van der Waals surface area contributed by atoms with Gasteiger partial charge < -0.3 is 0 Å². The maximum absolute atomic E-state index is 3.67. The third-order valence-electron chi connectivity index (χ3n) is 1.04. The molecule has 0 aliphatic rings. The minimum absolute atomic E-state index is 1.17. The van der Waals surface area contributed by atoms with E-state index in [1.54, 1.807) is 0 Å². The molecule has 10 heavy (non-hydrogen) atoms. The summed E-state index contributed by atoms with van der Waals surface area (Å²) in [6.07, 6.45) is 1.83. The highest BCUT2D eigenvalue weighted by molar-refractivity contribution is 8.07. The van der Waals surface area contributed by atoms with Gasteiger partial charge in [0.2, 0.25) is 0 Å². The van der Waals surface area contributed by atoms with Crippen LogP contribution in [0.3, 0.4) is 0 Å². The lowest BCUT2D eigenvalue weighted by atomic mass is 10.2. The zero-order valence-corrected chi connectivity index (χ0v) is 7.12. The van der Waals surface area contributed by atoms with Gasteiger partial charge in [-0.2, -0.15) is 0 Å². The molecule has 1 aromatic carbocycles. The lowest BCUT2D eigenvalue weighted by Crippen LogP contribution is -1.63. The number of hydrogen-bond donors (Lipinski definition) is 0. The van der Waals surface area contributed by atoms with Gasteiger partial charge in [0.1, 0.15) is 0 Å². The van der Waals surface area contributed by atoms with Crippen LogP contribution in [0.2, 0.25) is 0 Å². The monoisotopic (exact) mass is 168 g/mol. The molecular weight excluding hydrogens is 160 g/mol. The lowest BCUT2D eigenvalue weighted by Gasteiger charge is -1.85. The van der Waals surface area contributed by atoms with Crippen LogP contribution in [0.25, 0.3) is 6.08 Å². The summed E-state index contributed by atoms with van der Waals surface area (Å²) in [4.78, 5) is 0. The molecule has 0 amide bonds. The summed E-state index contributed by atoms with van der Waals surface area (Å²) in [6, 6.07) is 10.0. The fraction of sp³-hybridized carbons (Fsp3) is 0. The molecule has 0 nitrogen and oxygen atoms in total. The number of benzene rings is 1. The maximum atomic E-state index is 3.67. The molecular formula is C8H8S2. The average Bonchev–Trinajstić information content (AvgIpc) is 2.10. The van der Waals surface area contributed by atoms with Gasteiger partial charge in [-0.1, -0.05) is 43.0 Å². The smallest absolute Gasteiger partial charge is 0 e. The van der Waals surface area contributed by atoms with E-state index in [9.17, 15) is 0 Å². The molecule has 0 bridgehead atoms. The number of hydrogen-bond acceptors (Lipinski definition) is 2. The Bertz CT molecular complexity index is 182. The molecule has 0 saturated carbocycles. The van der Waals surface area contributed by atoms with Crippen LogP contribution in [0.4, 0.5) is 0 Å². The topological polar surface area (TPSA) is 0 Å². The minimum Gasteiger partial charge on any atom is -0.0985 e. The van der Waals surface area contributed by atoms with Crippen LogP contribution in [0.1, 0.15) is 5.56 Å². The third kappa shape index (κ3) is 3.43. The second-order valence-corrected chi connectivity index (χ2v) is 1.61. The van der Waals surface area contributed by atoms with Gasteiger partial charge >= 0.3 is 0 Å². The molecule has 0 saturated heterocycles. The first kappa shape index (κ1) is 9.40. The number of rotatable bonds is 1. The zero-order chi connectivity index (χ0) is 7.82. The highest BCUT2D eigenvalue weighted by atomic mass is 32.8. The Labute approximate surface area is 71.2 Å². The van der Waals surface area contributed by atoms with Crippen molar-refractivity contribution < 1.29 is 0 Å². The normalized spacial score (nSPS) is 7.20. The fourth-order valence-electron chi connectivity index (χ4n) is 0.589. The first-order valence-electron chi connectivity index (χ1n) is 2.77. The van der Waals surface area contributed by atoms with Crippen LogP contribution in [-0.4, -0.2) is 0 Å². The first-order valence-corrected chi connectivity index (χ1v) is 4.11. The van der Waals surface area contributed by atoms with E-state index in [4.69, 9.17) is 0 Å². The van der Waals surface area contributed by atoms with E-state index in [1.807, 2.05) is 36.4 Å². The molecule has 0 heterocycles. The van der Waals surface area contributed by atoms with Gasteiger partial charge in [-0.25, -0.2) is 0 Å². The summed E-state index contributed by atoms with van der Waals surface area (Å²) in [5.74, 6) is 0. The van der Waals surface area contributed by atoms with Gasteiger partial charge in [0.15, 0.2) is 0 Å². The Morgan fingerprint density at radius 2 is 1.60 bits per heavy atom. The predicted octanol–water partition coefficient (Wildman–Crippen LogP) is 2.32. The summed E-state index contributed by atoms with van der Waals surface area (Å²) < 4.78 is 0. The van der Waals surface area contributed by atoms with E-state index in [0.717, 1.165) is 0 Å². The van der Waals surface area contributed by atoms with Crippen molar-refractivity contribution in [3.63, 3.8) is 0 Å². The molecule has 0 aliphatic heterocycles. The quantitative estimate of drug-likeness (QED) is 0.631. The van der Waals surface area contributed by atoms with Crippen LogP contribution < -0.4 is 0 Å². The highest BCUT2D eigenvalue weighted by Crippen LogP contribution is 1.97. The van der Waals surface area contributed by atoms with E-state index in [2.05, 4.69) is 29.0 Å². The zero-order valence-electron chi connectivity index (χ0n) is 5.49. The maximum Gasteiger partial charge on any atom is 0 e. The molecule has 0 aliphatic carbocycles. The molecule has 1 rings (SSSR count). The first-order chi connectivity index (χ1) is 4.93. The second-order valence-electron chi connectivity index (χ2n) is 1.61. The van der Waals surface area contributed by atoms with Crippen molar-refractivity contribution in [3.8, 4) is 0 Å². The molecule has 1 aromatic rings. The van der Waals surface area contributed by atoms with E-state index < -0.39 is 0 Å². The summed E-state index contributed by atoms with van der Waals surface area (Å²) >= 11 is 7.33. The van der Waals surface area contributed by atoms with Crippen LogP contribution in [0.15, 0.2) is 36.9 Å². The van der Waals surface area contributed by atoms with Crippen molar-refractivity contribution in [1.29, 1.82) is 0 Å². The highest BCUT2D eigenvalue weighted by Gasteiger charge is 1.75. The molecule has 0 unspecified atom stereocenters. The molecule has 2 heteroatoms. The predicted molar refractivity (Wildman–Crippen MR) is 51.3 cm³/mol. The average molecular weight is 168 g/mol. The van der Waals surface area contributed by atoms with Crippen molar-refractivity contribution in [2.24, 2.45) is 0 Å². The second kappa shape index (κ2) is 6.52. The SMILES string of the molecule is C=Cc1ccccc1.S=S. The lowest BCUT2D eigenvalue weighted by molar-refractivity contribution is 1.67. The van der Waals surface area contributed by atoms with E-state index >= 15 is 0 Å². The van der Waals surface area contributed by atoms with Crippen molar-refractivity contribution in [2.75, 3.05) is 0 Å². The van der Waals surface area contributed by atoms with Crippen molar-refractivity contribution in [1.82, 2.24) is 0 Å². The van der Waals surface area contributed by atoms with Crippen LogP contribution in [0, 0.1) is 0 Å². The Balaban J connectivity index is 0.000000371. The summed E-state index contributed by atoms with van der Waals surface area (Å²) in [5, 5.41) is 0. The van der Waals surface area contributed by atoms with Gasteiger partial charge in [0, 0.05) is 22.4 Å². The van der Waals surface area contributed by atoms with Crippen molar-refractivity contribution >= 4 is 28.5 Å². The minimum atomic E-state index is 1.17. The van der Waals surface area contributed by atoms with Crippen LogP contribution in [0.5, 0.6) is 0 Å². The Kier molecular flexibility index (Phi) is 6.13. The van der Waals surface area contributed by atoms with Gasteiger partial charge in [0.25, 0.3) is 0 Å². The molecule has 0 atom stereocenters. The standard InChI is InChI=1S/C8H8.S2/c1-2-8-6-4-3-5-7-8;1-2/h2-7H,1H2;. The van der Waals surface area contributed by atoms with E-state index in [1.165, 1.54) is 5.56 Å². The molecule has 52 valence electrons. The van der Waals surface area contributed by atoms with Crippen LogP contribution >= 0.6 is 0 Å². The Morgan fingerprint density at radius 3 is 1.90 bits per heavy atom. The fourth-order valence-corrected chi connectivity index (χ4v) is 0.589. The summed E-state index contributed by atoms with van der Waals surface area (Å²) in [7, 11) is 0. The Hall–Kier alpha value is -0.600. The third-order valence-corrected chi connectivity index (χ3v) is 1.04. The largest absolute Gasteiger partial charge is 0.0985 e. The Morgan fingerprint density at radius 1 is 1.10 bits per heavy atom. The van der Waals surface area contributed by atoms with Crippen molar-refractivity contribution in [2.45, 2.75) is 0 Å². The summed E-state index contributed by atoms with van der Waals surface area (Å²) in [6.45, 7) is 3.63. The van der Waals surface area contributed by atoms with Crippen molar-refractivity contribution in [3.05, 3.63) is 42.5 Å². The molecule has 0 aromatic heterocycles. The molecule has 0 fully saturated rings. The van der Waals surface area contributed by atoms with Gasteiger partial charge in [-0.15, -0.1) is 0 Å². The van der Waals surface area contributed by atoms with Gasteiger partial charge in [-0.05, 0) is 5.56 Å². The summed E-state index contributed by atoms with van der Waals surface area (Å²) in [5.41, 5.74) is 1.17. The molecule has 0 spiro atoms. The van der Waals surface area contributed by atoms with E-state index in [-0.39, 0.29) is 0 Å². The van der Waals surface area contributed by atoms with Gasteiger partial charge in [0.05, 0.1) is 0 Å². The van der Waals surface area contributed by atoms with Crippen LogP contribution in [-0.2, 0) is 22.4 Å².